The number of carbonyl (C=O) groups is 1. The Labute approximate surface area is 148 Å². The number of nitrogens with one attached hydrogen (secondary N) is 1. The highest BCUT2D eigenvalue weighted by molar-refractivity contribution is 7.17. The lowest BCUT2D eigenvalue weighted by Crippen LogP contribution is -2.31. The summed E-state index contributed by atoms with van der Waals surface area (Å²) in [6.07, 6.45) is 0. The molecule has 0 bridgehead atoms. The third-order valence-corrected chi connectivity index (χ3v) is 5.14. The summed E-state index contributed by atoms with van der Waals surface area (Å²) in [6.45, 7) is 3.95. The number of nitrogens with zero attached hydrogens (tertiary/aromatic N) is 1. The fourth-order valence-electron chi connectivity index (χ4n) is 2.70. The van der Waals surface area contributed by atoms with Gasteiger partial charge in [-0.1, -0.05) is 23.7 Å². The van der Waals surface area contributed by atoms with Gasteiger partial charge in [0.2, 0.25) is 5.91 Å². The molecule has 3 rings (SSSR count). The van der Waals surface area contributed by atoms with Crippen LogP contribution in [0.5, 0.6) is 0 Å². The number of hydrogen-bond donors (Lipinski definition) is 1. The Balaban J connectivity index is 1.79. The number of halogens is 1. The second-order valence-electron chi connectivity index (χ2n) is 5.71. The molecule has 0 unspecified atom stereocenters. The van der Waals surface area contributed by atoms with Gasteiger partial charge in [-0.2, -0.15) is 0 Å². The maximum absolute atomic E-state index is 12.4. The molecule has 4 nitrogen and oxygen atoms in total. The van der Waals surface area contributed by atoms with Gasteiger partial charge in [-0.15, -0.1) is 11.3 Å². The van der Waals surface area contributed by atoms with Crippen molar-refractivity contribution in [2.45, 2.75) is 26.4 Å². The standard InChI is InChI=1S/C18H17ClN2O2S/c1-11-9-16(22)18-15(7-8-24-18)21(11)10-17(23)20-12(2)13-3-5-14(19)6-4-13/h3-9,12H,10H2,1-2H3,(H,20,23)/t12-/m1/s1. The molecule has 1 aromatic carbocycles. The van der Waals surface area contributed by atoms with Crippen molar-refractivity contribution in [2.24, 2.45) is 0 Å². The van der Waals surface area contributed by atoms with E-state index in [9.17, 15) is 9.59 Å². The molecule has 0 saturated carbocycles. The summed E-state index contributed by atoms with van der Waals surface area (Å²) >= 11 is 7.29. The zero-order valence-corrected chi connectivity index (χ0v) is 14.9. The molecule has 3 aromatic rings. The molecule has 0 saturated heterocycles. The average molecular weight is 361 g/mol. The first-order valence-electron chi connectivity index (χ1n) is 7.58. The van der Waals surface area contributed by atoms with Gasteiger partial charge in [-0.05, 0) is 43.0 Å². The van der Waals surface area contributed by atoms with Gasteiger partial charge in [0.05, 0.1) is 16.3 Å². The second kappa shape index (κ2) is 6.79. The van der Waals surface area contributed by atoms with Gasteiger partial charge in [0.1, 0.15) is 6.54 Å². The summed E-state index contributed by atoms with van der Waals surface area (Å²) < 4.78 is 2.55. The van der Waals surface area contributed by atoms with E-state index < -0.39 is 0 Å². The van der Waals surface area contributed by atoms with E-state index >= 15 is 0 Å². The quantitative estimate of drug-likeness (QED) is 0.767. The van der Waals surface area contributed by atoms with Crippen LogP contribution in [0.1, 0.15) is 24.2 Å². The van der Waals surface area contributed by atoms with Crippen molar-refractivity contribution in [3.8, 4) is 0 Å². The number of aryl methyl sites for hydroxylation is 1. The third-order valence-electron chi connectivity index (χ3n) is 3.97. The smallest absolute Gasteiger partial charge is 0.240 e. The largest absolute Gasteiger partial charge is 0.348 e. The van der Waals surface area contributed by atoms with Crippen molar-refractivity contribution in [1.82, 2.24) is 9.88 Å². The van der Waals surface area contributed by atoms with Gasteiger partial charge in [0, 0.05) is 16.8 Å². The molecule has 1 amide bonds. The highest BCUT2D eigenvalue weighted by Gasteiger charge is 2.13. The average Bonchev–Trinajstić information content (AvgIpc) is 3.02. The molecule has 0 aliphatic heterocycles. The summed E-state index contributed by atoms with van der Waals surface area (Å²) in [4.78, 5) is 24.4. The van der Waals surface area contributed by atoms with Gasteiger partial charge < -0.3 is 9.88 Å². The maximum atomic E-state index is 12.4. The molecule has 0 aliphatic carbocycles. The molecule has 0 aliphatic rings. The molecule has 6 heteroatoms. The number of aromatic nitrogens is 1. The molecule has 24 heavy (non-hydrogen) atoms. The SMILES string of the molecule is Cc1cc(=O)c2sccc2n1CC(=O)N[C@H](C)c1ccc(Cl)cc1. The van der Waals surface area contributed by atoms with Crippen molar-refractivity contribution in [2.75, 3.05) is 0 Å². The number of rotatable bonds is 4. The van der Waals surface area contributed by atoms with Crippen LogP contribution in [0.4, 0.5) is 0 Å². The lowest BCUT2D eigenvalue weighted by Gasteiger charge is -2.17. The lowest BCUT2D eigenvalue weighted by molar-refractivity contribution is -0.122. The van der Waals surface area contributed by atoms with Crippen LogP contribution in [0.2, 0.25) is 5.02 Å². The Morgan fingerprint density at radius 2 is 2.00 bits per heavy atom. The van der Waals surface area contributed by atoms with E-state index in [1.807, 2.05) is 42.0 Å². The van der Waals surface area contributed by atoms with Crippen LogP contribution >= 0.6 is 22.9 Å². The predicted octanol–water partition coefficient (Wildman–Crippen LogP) is 3.90. The number of pyridine rings is 1. The van der Waals surface area contributed by atoms with E-state index in [1.54, 1.807) is 18.2 Å². The zero-order valence-electron chi connectivity index (χ0n) is 13.4. The topological polar surface area (TPSA) is 51.1 Å². The molecule has 124 valence electrons. The fraction of sp³-hybridized carbons (Fsp3) is 0.222. The van der Waals surface area contributed by atoms with E-state index in [2.05, 4.69) is 5.32 Å². The summed E-state index contributed by atoms with van der Waals surface area (Å²) in [6, 6.07) is 10.7. The van der Waals surface area contributed by atoms with Crippen molar-refractivity contribution in [3.05, 3.63) is 68.3 Å². The van der Waals surface area contributed by atoms with Gasteiger partial charge in [0.25, 0.3) is 0 Å². The molecule has 1 atom stereocenters. The van der Waals surface area contributed by atoms with Crippen LogP contribution in [-0.2, 0) is 11.3 Å². The molecule has 2 aromatic heterocycles. The van der Waals surface area contributed by atoms with Crippen molar-refractivity contribution in [1.29, 1.82) is 0 Å². The maximum Gasteiger partial charge on any atom is 0.240 e. The number of thiophene rings is 1. The number of hydrogen-bond acceptors (Lipinski definition) is 3. The summed E-state index contributed by atoms with van der Waals surface area (Å²) in [5.74, 6) is -0.100. The predicted molar refractivity (Wildman–Crippen MR) is 98.8 cm³/mol. The Bertz CT molecular complexity index is 944. The van der Waals surface area contributed by atoms with Gasteiger partial charge in [0.15, 0.2) is 5.43 Å². The molecule has 0 spiro atoms. The van der Waals surface area contributed by atoms with Crippen LogP contribution < -0.4 is 10.7 Å². The highest BCUT2D eigenvalue weighted by atomic mass is 35.5. The van der Waals surface area contributed by atoms with E-state index in [-0.39, 0.29) is 23.9 Å². The summed E-state index contributed by atoms with van der Waals surface area (Å²) in [7, 11) is 0. The van der Waals surface area contributed by atoms with Crippen LogP contribution in [-0.4, -0.2) is 10.5 Å². The Kier molecular flexibility index (Phi) is 4.73. The zero-order chi connectivity index (χ0) is 17.3. The van der Waals surface area contributed by atoms with E-state index in [0.29, 0.717) is 9.72 Å². The van der Waals surface area contributed by atoms with Gasteiger partial charge in [-0.25, -0.2) is 0 Å². The fourth-order valence-corrected chi connectivity index (χ4v) is 3.63. The first kappa shape index (κ1) is 16.7. The summed E-state index contributed by atoms with van der Waals surface area (Å²) in [5.41, 5.74) is 2.58. The van der Waals surface area contributed by atoms with Crippen molar-refractivity contribution >= 4 is 39.1 Å². The van der Waals surface area contributed by atoms with Crippen molar-refractivity contribution < 1.29 is 4.79 Å². The minimum Gasteiger partial charge on any atom is -0.348 e. The Hall–Kier alpha value is -2.11. The Morgan fingerprint density at radius 3 is 2.71 bits per heavy atom. The number of fused-ring (bicyclic) bond motifs is 1. The van der Waals surface area contributed by atoms with E-state index in [0.717, 1.165) is 16.8 Å². The molecule has 0 fully saturated rings. The minimum atomic E-state index is -0.118. The van der Waals surface area contributed by atoms with Gasteiger partial charge >= 0.3 is 0 Å². The first-order chi connectivity index (χ1) is 11.5. The van der Waals surface area contributed by atoms with Crippen LogP contribution in [0, 0.1) is 6.92 Å². The number of amides is 1. The van der Waals surface area contributed by atoms with Crippen molar-refractivity contribution in [3.63, 3.8) is 0 Å². The summed E-state index contributed by atoms with van der Waals surface area (Å²) in [5, 5.41) is 5.52. The highest BCUT2D eigenvalue weighted by Crippen LogP contribution is 2.19. The van der Waals surface area contributed by atoms with Gasteiger partial charge in [-0.3, -0.25) is 9.59 Å². The second-order valence-corrected chi connectivity index (χ2v) is 7.06. The van der Waals surface area contributed by atoms with Crippen LogP contribution in [0.3, 0.4) is 0 Å². The lowest BCUT2D eigenvalue weighted by atomic mass is 10.1. The first-order valence-corrected chi connectivity index (χ1v) is 8.84. The molecule has 2 heterocycles. The Morgan fingerprint density at radius 1 is 1.29 bits per heavy atom. The number of benzene rings is 1. The molecular formula is C18H17ClN2O2S. The molecular weight excluding hydrogens is 344 g/mol. The van der Waals surface area contributed by atoms with Crippen LogP contribution in [0.25, 0.3) is 10.2 Å². The normalized spacial score (nSPS) is 12.3. The third kappa shape index (κ3) is 3.37. The number of carbonyl (C=O) groups excluding carboxylic acids is 1. The monoisotopic (exact) mass is 360 g/mol. The molecule has 0 radical (unpaired) electrons. The van der Waals surface area contributed by atoms with Crippen LogP contribution in [0.15, 0.2) is 46.6 Å². The molecule has 1 N–H and O–H groups in total. The van der Waals surface area contributed by atoms with E-state index in [4.69, 9.17) is 11.6 Å². The minimum absolute atomic E-state index is 0.00342. The van der Waals surface area contributed by atoms with E-state index in [1.165, 1.54) is 11.3 Å².